The smallest absolute Gasteiger partial charge is 0.351 e. The van der Waals surface area contributed by atoms with Gasteiger partial charge in [-0.05, 0) is 35.9 Å². The molecule has 2 aromatic carbocycles. The Morgan fingerprint density at radius 1 is 1.16 bits per heavy atom. The molecule has 0 aliphatic heterocycles. The fourth-order valence-corrected chi connectivity index (χ4v) is 2.40. The number of benzene rings is 2. The van der Waals surface area contributed by atoms with E-state index in [2.05, 4.69) is 0 Å². The minimum atomic E-state index is -0.908. The van der Waals surface area contributed by atoms with E-state index in [0.717, 1.165) is 6.08 Å². The molecule has 0 radical (unpaired) electrons. The summed E-state index contributed by atoms with van der Waals surface area (Å²) >= 11 is 0. The monoisotopic (exact) mass is 338 g/mol. The van der Waals surface area contributed by atoms with Crippen molar-refractivity contribution in [2.24, 2.45) is 0 Å². The third-order valence-electron chi connectivity index (χ3n) is 3.66. The lowest BCUT2D eigenvalue weighted by atomic mass is 10.1. The van der Waals surface area contributed by atoms with Crippen LogP contribution in [0, 0.1) is 0 Å². The van der Waals surface area contributed by atoms with Gasteiger partial charge < -0.3 is 19.4 Å². The van der Waals surface area contributed by atoms with E-state index in [1.54, 1.807) is 24.3 Å². The van der Waals surface area contributed by atoms with Crippen molar-refractivity contribution >= 4 is 22.8 Å². The molecule has 1 heterocycles. The Hall–Kier alpha value is -3.54. The molecule has 25 heavy (non-hydrogen) atoms. The lowest BCUT2D eigenvalue weighted by Gasteiger charge is -2.04. The molecule has 1 aromatic heterocycles. The molecule has 126 valence electrons. The molecular formula is C19H14O6. The topological polar surface area (TPSA) is 97.0 Å². The van der Waals surface area contributed by atoms with Crippen LogP contribution < -0.4 is 10.4 Å². The second kappa shape index (κ2) is 6.52. The Morgan fingerprint density at radius 3 is 2.68 bits per heavy atom. The molecule has 0 saturated heterocycles. The first-order chi connectivity index (χ1) is 12.0. The average Bonchev–Trinajstić information content (AvgIpc) is 2.61. The number of hydrogen-bond donors (Lipinski definition) is 2. The summed E-state index contributed by atoms with van der Waals surface area (Å²) in [6, 6.07) is 10.9. The van der Waals surface area contributed by atoms with E-state index in [0.29, 0.717) is 5.56 Å². The van der Waals surface area contributed by atoms with Crippen molar-refractivity contribution in [2.45, 2.75) is 0 Å². The minimum absolute atomic E-state index is 0.0289. The first-order valence-electron chi connectivity index (χ1n) is 7.35. The Morgan fingerprint density at radius 2 is 1.92 bits per heavy atom. The molecule has 2 N–H and O–H groups in total. The van der Waals surface area contributed by atoms with Crippen LogP contribution >= 0.6 is 0 Å². The number of phenolic OH excluding ortho intramolecular Hbond substituents is 1. The molecule has 0 fully saturated rings. The summed E-state index contributed by atoms with van der Waals surface area (Å²) in [5, 5.41) is 20.1. The van der Waals surface area contributed by atoms with Crippen molar-refractivity contribution < 1.29 is 24.2 Å². The van der Waals surface area contributed by atoms with E-state index in [1.165, 1.54) is 31.4 Å². The molecule has 0 atom stereocenters. The van der Waals surface area contributed by atoms with Crippen molar-refractivity contribution in [3.05, 3.63) is 70.1 Å². The van der Waals surface area contributed by atoms with Gasteiger partial charge in [0.15, 0.2) is 17.3 Å². The molecule has 6 heteroatoms. The van der Waals surface area contributed by atoms with Crippen LogP contribution in [0.25, 0.3) is 17.0 Å². The molecule has 0 amide bonds. The number of hydrogen-bond acceptors (Lipinski definition) is 6. The summed E-state index contributed by atoms with van der Waals surface area (Å²) in [5.41, 5.74) is -0.559. The van der Waals surface area contributed by atoms with E-state index < -0.39 is 22.7 Å². The van der Waals surface area contributed by atoms with Crippen LogP contribution in [0.15, 0.2) is 57.8 Å². The molecule has 0 aliphatic carbocycles. The summed E-state index contributed by atoms with van der Waals surface area (Å²) in [4.78, 5) is 24.4. The normalized spacial score (nSPS) is 11.1. The number of aromatic hydroxyl groups is 2. The van der Waals surface area contributed by atoms with Crippen molar-refractivity contribution in [2.75, 3.05) is 7.11 Å². The number of phenols is 1. The highest BCUT2D eigenvalue weighted by molar-refractivity contribution is 6.10. The van der Waals surface area contributed by atoms with Crippen LogP contribution in [0.2, 0.25) is 0 Å². The lowest BCUT2D eigenvalue weighted by Crippen LogP contribution is -2.12. The molecule has 3 rings (SSSR count). The zero-order chi connectivity index (χ0) is 18.0. The summed E-state index contributed by atoms with van der Waals surface area (Å²) in [5.74, 6) is -0.879. The fourth-order valence-electron chi connectivity index (χ4n) is 2.40. The van der Waals surface area contributed by atoms with E-state index in [9.17, 15) is 19.8 Å². The van der Waals surface area contributed by atoms with Crippen LogP contribution in [-0.4, -0.2) is 23.1 Å². The van der Waals surface area contributed by atoms with Crippen LogP contribution in [0.3, 0.4) is 0 Å². The number of ether oxygens (including phenoxy) is 1. The molecule has 0 bridgehead atoms. The van der Waals surface area contributed by atoms with Crippen LogP contribution in [0.4, 0.5) is 0 Å². The van der Waals surface area contributed by atoms with E-state index in [1.807, 2.05) is 0 Å². The third kappa shape index (κ3) is 3.10. The molecular weight excluding hydrogens is 324 g/mol. The predicted octanol–water partition coefficient (Wildman–Crippen LogP) is 3.11. The minimum Gasteiger partial charge on any atom is -0.506 e. The van der Waals surface area contributed by atoms with Gasteiger partial charge in [0.05, 0.1) is 12.5 Å². The number of para-hydroxylation sites is 1. The second-order valence-corrected chi connectivity index (χ2v) is 5.24. The van der Waals surface area contributed by atoms with Gasteiger partial charge >= 0.3 is 5.63 Å². The highest BCUT2D eigenvalue weighted by Gasteiger charge is 2.18. The quantitative estimate of drug-likeness (QED) is 0.431. The first-order valence-corrected chi connectivity index (χ1v) is 7.35. The maximum atomic E-state index is 12.3. The molecule has 0 saturated carbocycles. The zero-order valence-electron chi connectivity index (χ0n) is 13.2. The van der Waals surface area contributed by atoms with E-state index >= 15 is 0 Å². The molecule has 0 aliphatic rings. The van der Waals surface area contributed by atoms with E-state index in [4.69, 9.17) is 9.15 Å². The van der Waals surface area contributed by atoms with Crippen molar-refractivity contribution in [3.8, 4) is 17.2 Å². The Bertz CT molecular complexity index is 1050. The number of carbonyl (C=O) groups excluding carboxylic acids is 1. The van der Waals surface area contributed by atoms with Crippen molar-refractivity contribution in [3.63, 3.8) is 0 Å². The molecule has 0 spiro atoms. The van der Waals surface area contributed by atoms with E-state index in [-0.39, 0.29) is 22.5 Å². The average molecular weight is 338 g/mol. The van der Waals surface area contributed by atoms with Crippen molar-refractivity contribution in [1.29, 1.82) is 0 Å². The Kier molecular flexibility index (Phi) is 4.26. The number of methoxy groups -OCH3 is 1. The molecule has 0 unspecified atom stereocenters. The van der Waals surface area contributed by atoms with Gasteiger partial charge in [0, 0.05) is 0 Å². The highest BCUT2D eigenvalue weighted by atomic mass is 16.5. The zero-order valence-corrected chi connectivity index (χ0v) is 13.2. The number of fused-ring (bicyclic) bond motifs is 1. The number of carbonyl (C=O) groups is 1. The lowest BCUT2D eigenvalue weighted by molar-refractivity contribution is 0.104. The maximum Gasteiger partial charge on any atom is 0.351 e. The standard InChI is InChI=1S/C19H14O6/c1-24-16-10-11(6-8-13(16)20)7-9-14(21)17-18(22)12-4-2-3-5-15(12)25-19(17)23/h2-10,20,22H,1H3/b9-7+. The molecule has 6 nitrogen and oxygen atoms in total. The van der Waals surface area contributed by atoms with Crippen molar-refractivity contribution in [1.82, 2.24) is 0 Å². The number of allylic oxidation sites excluding steroid dienone is 1. The largest absolute Gasteiger partial charge is 0.506 e. The predicted molar refractivity (Wildman–Crippen MR) is 92.2 cm³/mol. The summed E-state index contributed by atoms with van der Waals surface area (Å²) in [6.45, 7) is 0. The van der Waals surface area contributed by atoms with Crippen LogP contribution in [0.1, 0.15) is 15.9 Å². The van der Waals surface area contributed by atoms with Gasteiger partial charge in [-0.15, -0.1) is 0 Å². The fraction of sp³-hybridized carbons (Fsp3) is 0.0526. The summed E-state index contributed by atoms with van der Waals surface area (Å²) < 4.78 is 10.1. The van der Waals surface area contributed by atoms with Crippen LogP contribution in [0.5, 0.6) is 17.2 Å². The SMILES string of the molecule is COc1cc(/C=C/C(=O)c2c(O)c3ccccc3oc2=O)ccc1O. The van der Waals surface area contributed by atoms with Gasteiger partial charge in [0.25, 0.3) is 0 Å². The van der Waals surface area contributed by atoms with Gasteiger partial charge in [-0.25, -0.2) is 4.79 Å². The third-order valence-corrected chi connectivity index (χ3v) is 3.66. The highest BCUT2D eigenvalue weighted by Crippen LogP contribution is 2.28. The summed E-state index contributed by atoms with van der Waals surface area (Å²) in [6.07, 6.45) is 2.59. The first kappa shape index (κ1) is 16.3. The Balaban J connectivity index is 1.99. The second-order valence-electron chi connectivity index (χ2n) is 5.24. The van der Waals surface area contributed by atoms with Gasteiger partial charge in [0.1, 0.15) is 16.9 Å². The Labute approximate surface area is 142 Å². The van der Waals surface area contributed by atoms with Gasteiger partial charge in [-0.1, -0.05) is 24.3 Å². The van der Waals surface area contributed by atoms with Gasteiger partial charge in [-0.2, -0.15) is 0 Å². The summed E-state index contributed by atoms with van der Waals surface area (Å²) in [7, 11) is 1.41. The number of ketones is 1. The number of rotatable bonds is 4. The molecule has 3 aromatic rings. The van der Waals surface area contributed by atoms with Crippen LogP contribution in [-0.2, 0) is 0 Å². The van der Waals surface area contributed by atoms with Gasteiger partial charge in [-0.3, -0.25) is 4.79 Å². The van der Waals surface area contributed by atoms with Gasteiger partial charge in [0.2, 0.25) is 0 Å². The maximum absolute atomic E-state index is 12.3.